The highest BCUT2D eigenvalue weighted by molar-refractivity contribution is 7.80. The molecule has 1 aromatic heterocycles. The van der Waals surface area contributed by atoms with Gasteiger partial charge in [-0.25, -0.2) is 0 Å². The van der Waals surface area contributed by atoms with Crippen LogP contribution in [0.1, 0.15) is 5.56 Å². The van der Waals surface area contributed by atoms with Gasteiger partial charge in [-0.3, -0.25) is 0 Å². The normalized spacial score (nSPS) is 9.44. The third-order valence-electron chi connectivity index (χ3n) is 1.08. The Hall–Kier alpha value is -0.210. The largest absolute Gasteiger partial charge is 0.151 e. The van der Waals surface area contributed by atoms with Crippen LogP contribution in [0.15, 0.2) is 28.3 Å². The van der Waals surface area contributed by atoms with E-state index in [-0.39, 0.29) is 0 Å². The van der Waals surface area contributed by atoms with E-state index in [2.05, 4.69) is 24.6 Å². The first-order valence-electron chi connectivity index (χ1n) is 2.69. The molecule has 1 aromatic rings. The summed E-state index contributed by atoms with van der Waals surface area (Å²) in [5.74, 6) is 0. The number of thiophene rings is 1. The highest BCUT2D eigenvalue weighted by Crippen LogP contribution is 2.18. The second kappa shape index (κ2) is 3.08. The second-order valence-corrected chi connectivity index (χ2v) is 3.00. The molecule has 0 aromatic carbocycles. The van der Waals surface area contributed by atoms with E-state index in [9.17, 15) is 0 Å². The lowest BCUT2D eigenvalue weighted by molar-refractivity contribution is 1.23. The van der Waals surface area contributed by atoms with Gasteiger partial charge in [0.1, 0.15) is 0 Å². The van der Waals surface area contributed by atoms with Crippen LogP contribution >= 0.6 is 24.0 Å². The van der Waals surface area contributed by atoms with Crippen molar-refractivity contribution < 1.29 is 0 Å². The summed E-state index contributed by atoms with van der Waals surface area (Å²) in [4.78, 5) is 1.08. The highest BCUT2D eigenvalue weighted by atomic mass is 32.1. The van der Waals surface area contributed by atoms with Crippen LogP contribution in [0.3, 0.4) is 0 Å². The van der Waals surface area contributed by atoms with Crippen LogP contribution in [-0.4, -0.2) is 0 Å². The summed E-state index contributed by atoms with van der Waals surface area (Å²) in [5.41, 5.74) is 1.28. The predicted molar refractivity (Wildman–Crippen MR) is 45.5 cm³/mol. The molecule has 0 amide bonds. The maximum Gasteiger partial charge on any atom is 0.0183 e. The standard InChI is InChI=1S/C7H8S2/c1-2-3-6-4-9-5-7(6)8/h2,4-5,8H,1,3H2. The molecule has 1 rings (SSSR count). The maximum absolute atomic E-state index is 4.25. The summed E-state index contributed by atoms with van der Waals surface area (Å²) in [6.07, 6.45) is 2.82. The third kappa shape index (κ3) is 1.60. The van der Waals surface area contributed by atoms with E-state index in [0.29, 0.717) is 0 Å². The number of rotatable bonds is 2. The molecule has 9 heavy (non-hydrogen) atoms. The summed E-state index contributed by atoms with van der Waals surface area (Å²) in [6, 6.07) is 0. The monoisotopic (exact) mass is 156 g/mol. The molecule has 0 atom stereocenters. The Bertz CT molecular complexity index is 200. The zero-order valence-corrected chi connectivity index (χ0v) is 6.71. The summed E-state index contributed by atoms with van der Waals surface area (Å²) in [5, 5.41) is 4.13. The Morgan fingerprint density at radius 3 is 2.89 bits per heavy atom. The Morgan fingerprint density at radius 2 is 2.44 bits per heavy atom. The molecule has 0 nitrogen and oxygen atoms in total. The van der Waals surface area contributed by atoms with Gasteiger partial charge in [-0.05, 0) is 17.4 Å². The van der Waals surface area contributed by atoms with Gasteiger partial charge >= 0.3 is 0 Å². The molecular formula is C7H8S2. The van der Waals surface area contributed by atoms with Gasteiger partial charge in [0.05, 0.1) is 0 Å². The molecule has 48 valence electrons. The summed E-state index contributed by atoms with van der Waals surface area (Å²) in [6.45, 7) is 3.65. The first-order valence-corrected chi connectivity index (χ1v) is 4.08. The van der Waals surface area contributed by atoms with Crippen LogP contribution in [0.4, 0.5) is 0 Å². The lowest BCUT2D eigenvalue weighted by Crippen LogP contribution is -1.73. The van der Waals surface area contributed by atoms with Gasteiger partial charge in [-0.1, -0.05) is 6.08 Å². The van der Waals surface area contributed by atoms with Crippen molar-refractivity contribution in [3.8, 4) is 0 Å². The summed E-state index contributed by atoms with van der Waals surface area (Å²) in [7, 11) is 0. The van der Waals surface area contributed by atoms with Gasteiger partial charge in [0, 0.05) is 10.3 Å². The molecule has 0 saturated heterocycles. The topological polar surface area (TPSA) is 0 Å². The molecule has 0 N–H and O–H groups in total. The van der Waals surface area contributed by atoms with Crippen LogP contribution in [0.5, 0.6) is 0 Å². The molecule has 0 aliphatic rings. The molecule has 0 radical (unpaired) electrons. The van der Waals surface area contributed by atoms with Crippen molar-refractivity contribution in [1.82, 2.24) is 0 Å². The smallest absolute Gasteiger partial charge is 0.0183 e. The number of hydrogen-bond acceptors (Lipinski definition) is 2. The molecule has 1 heterocycles. The Balaban J connectivity index is 2.80. The molecule has 0 aliphatic carbocycles. The van der Waals surface area contributed by atoms with E-state index in [1.807, 2.05) is 11.5 Å². The van der Waals surface area contributed by atoms with Crippen LogP contribution in [0.25, 0.3) is 0 Å². The highest BCUT2D eigenvalue weighted by Gasteiger charge is 1.94. The SMILES string of the molecule is C=CCc1cscc1S. The third-order valence-corrected chi connectivity index (χ3v) is 2.47. The predicted octanol–water partition coefficient (Wildman–Crippen LogP) is 2.77. The van der Waals surface area contributed by atoms with Crippen molar-refractivity contribution in [1.29, 1.82) is 0 Å². The van der Waals surface area contributed by atoms with Crippen LogP contribution < -0.4 is 0 Å². The van der Waals surface area contributed by atoms with Crippen molar-refractivity contribution >= 4 is 24.0 Å². The summed E-state index contributed by atoms with van der Waals surface area (Å²) < 4.78 is 0. The van der Waals surface area contributed by atoms with Gasteiger partial charge in [0.15, 0.2) is 0 Å². The fraction of sp³-hybridized carbons (Fsp3) is 0.143. The first-order chi connectivity index (χ1) is 4.34. The second-order valence-electron chi connectivity index (χ2n) is 1.78. The minimum absolute atomic E-state index is 0.933. The molecule has 0 spiro atoms. The van der Waals surface area contributed by atoms with Crippen LogP contribution in [-0.2, 0) is 6.42 Å². The molecule has 0 fully saturated rings. The van der Waals surface area contributed by atoms with E-state index in [0.717, 1.165) is 11.3 Å². The maximum atomic E-state index is 4.25. The Labute approximate surface area is 64.6 Å². The van der Waals surface area contributed by atoms with Crippen molar-refractivity contribution in [2.24, 2.45) is 0 Å². The Morgan fingerprint density at radius 1 is 1.67 bits per heavy atom. The minimum atomic E-state index is 0.933. The number of thiol groups is 1. The fourth-order valence-corrected chi connectivity index (χ4v) is 1.79. The number of hydrogen-bond donors (Lipinski definition) is 1. The molecular weight excluding hydrogens is 148 g/mol. The van der Waals surface area contributed by atoms with Crippen molar-refractivity contribution in [2.75, 3.05) is 0 Å². The zero-order valence-electron chi connectivity index (χ0n) is 5.00. The van der Waals surface area contributed by atoms with E-state index in [1.54, 1.807) is 11.3 Å². The molecule has 0 aliphatic heterocycles. The van der Waals surface area contributed by atoms with Crippen LogP contribution in [0, 0.1) is 0 Å². The van der Waals surface area contributed by atoms with E-state index in [4.69, 9.17) is 0 Å². The van der Waals surface area contributed by atoms with Crippen LogP contribution in [0.2, 0.25) is 0 Å². The lowest BCUT2D eigenvalue weighted by atomic mass is 10.2. The average molecular weight is 156 g/mol. The molecule has 0 saturated carbocycles. The molecule has 2 heteroatoms. The van der Waals surface area contributed by atoms with E-state index in [1.165, 1.54) is 5.56 Å². The van der Waals surface area contributed by atoms with Gasteiger partial charge in [0.2, 0.25) is 0 Å². The number of allylic oxidation sites excluding steroid dienone is 1. The van der Waals surface area contributed by atoms with E-state index < -0.39 is 0 Å². The van der Waals surface area contributed by atoms with Gasteiger partial charge in [0.25, 0.3) is 0 Å². The first kappa shape index (κ1) is 6.90. The van der Waals surface area contributed by atoms with Gasteiger partial charge in [-0.15, -0.1) is 19.2 Å². The minimum Gasteiger partial charge on any atom is -0.151 e. The van der Waals surface area contributed by atoms with Crippen molar-refractivity contribution in [3.05, 3.63) is 29.0 Å². The quantitative estimate of drug-likeness (QED) is 0.494. The lowest BCUT2D eigenvalue weighted by Gasteiger charge is -1.88. The van der Waals surface area contributed by atoms with Crippen molar-refractivity contribution in [2.45, 2.75) is 11.3 Å². The zero-order chi connectivity index (χ0) is 6.69. The van der Waals surface area contributed by atoms with Gasteiger partial charge in [-0.2, -0.15) is 11.3 Å². The average Bonchev–Trinajstić information content (AvgIpc) is 2.18. The molecule has 0 bridgehead atoms. The molecule has 0 unspecified atom stereocenters. The van der Waals surface area contributed by atoms with Gasteiger partial charge < -0.3 is 0 Å². The van der Waals surface area contributed by atoms with Crippen molar-refractivity contribution in [3.63, 3.8) is 0 Å². The van der Waals surface area contributed by atoms with E-state index >= 15 is 0 Å². The summed E-state index contributed by atoms with van der Waals surface area (Å²) >= 11 is 5.93. The fourth-order valence-electron chi connectivity index (χ4n) is 0.625. The Kier molecular flexibility index (Phi) is 2.37.